The lowest BCUT2D eigenvalue weighted by Gasteiger charge is -2.08. The van der Waals surface area contributed by atoms with E-state index >= 15 is 0 Å². The highest BCUT2D eigenvalue weighted by Crippen LogP contribution is 2.06. The lowest BCUT2D eigenvalue weighted by molar-refractivity contribution is 0.945. The number of allylic oxidation sites excluding steroid dienone is 3. The maximum Gasteiger partial charge on any atom is 0.100 e. The van der Waals surface area contributed by atoms with E-state index in [9.17, 15) is 0 Å². The molecule has 1 aliphatic heterocycles. The standard InChI is InChI=1S/C10H16N2/c1-3-11-10-7-6-9(2)5-4-8-12-10/h4-5,8H,3,6-7H2,1-2H3,(H,11,12)/b8-4-,9-5+. The largest absolute Gasteiger partial charge is 0.350 e. The molecule has 0 unspecified atom stereocenters. The van der Waals surface area contributed by atoms with E-state index in [-0.39, 0.29) is 0 Å². The molecular formula is C10H16N2. The average Bonchev–Trinajstić information content (AvgIpc) is 2.04. The molecule has 2 heteroatoms. The molecule has 12 heavy (non-hydrogen) atoms. The minimum absolute atomic E-state index is 0.860. The van der Waals surface area contributed by atoms with Crippen LogP contribution in [0.1, 0.15) is 26.7 Å². The van der Waals surface area contributed by atoms with Crippen LogP contribution in [0, 0.1) is 0 Å². The molecule has 0 spiro atoms. The van der Waals surface area contributed by atoms with Gasteiger partial charge in [-0.15, -0.1) is 0 Å². The number of hydrogen-bond donors (Lipinski definition) is 1. The van der Waals surface area contributed by atoms with Crippen LogP contribution >= 0.6 is 0 Å². The van der Waals surface area contributed by atoms with Crippen LogP contribution in [0.5, 0.6) is 0 Å². The maximum absolute atomic E-state index is 4.35. The molecular weight excluding hydrogens is 148 g/mol. The number of hydrogen-bond acceptors (Lipinski definition) is 1. The SMILES string of the molecule is CCN=C1CC/C(C)=C/C=C\N1. The van der Waals surface area contributed by atoms with E-state index in [1.54, 1.807) is 0 Å². The van der Waals surface area contributed by atoms with Gasteiger partial charge in [-0.25, -0.2) is 0 Å². The first kappa shape index (κ1) is 9.04. The highest BCUT2D eigenvalue weighted by Gasteiger charge is 1.98. The molecule has 1 aliphatic rings. The van der Waals surface area contributed by atoms with Crippen molar-refractivity contribution >= 4 is 5.84 Å². The smallest absolute Gasteiger partial charge is 0.100 e. The number of amidine groups is 1. The zero-order valence-electron chi connectivity index (χ0n) is 7.80. The van der Waals surface area contributed by atoms with Crippen molar-refractivity contribution in [1.82, 2.24) is 5.32 Å². The van der Waals surface area contributed by atoms with Gasteiger partial charge in [0.2, 0.25) is 0 Å². The summed E-state index contributed by atoms with van der Waals surface area (Å²) in [6.45, 7) is 5.07. The van der Waals surface area contributed by atoms with Crippen molar-refractivity contribution in [2.45, 2.75) is 26.7 Å². The van der Waals surface area contributed by atoms with E-state index in [2.05, 4.69) is 30.2 Å². The van der Waals surface area contributed by atoms with Gasteiger partial charge in [0.05, 0.1) is 0 Å². The summed E-state index contributed by atoms with van der Waals surface area (Å²) in [6.07, 6.45) is 8.24. The van der Waals surface area contributed by atoms with Gasteiger partial charge in [-0.2, -0.15) is 0 Å². The Morgan fingerprint density at radius 3 is 3.08 bits per heavy atom. The van der Waals surface area contributed by atoms with Crippen LogP contribution in [0.4, 0.5) is 0 Å². The molecule has 0 aromatic rings. The summed E-state index contributed by atoms with van der Waals surface area (Å²) in [5.41, 5.74) is 1.41. The van der Waals surface area contributed by atoms with Crippen LogP contribution in [-0.4, -0.2) is 12.4 Å². The summed E-state index contributed by atoms with van der Waals surface area (Å²) >= 11 is 0. The molecule has 0 aromatic carbocycles. The predicted molar refractivity (Wildman–Crippen MR) is 53.2 cm³/mol. The third kappa shape index (κ3) is 2.91. The Labute approximate surface area is 74.1 Å². The first-order valence-corrected chi connectivity index (χ1v) is 4.45. The van der Waals surface area contributed by atoms with E-state index in [0.717, 1.165) is 25.2 Å². The first-order chi connectivity index (χ1) is 5.83. The maximum atomic E-state index is 4.35. The minimum Gasteiger partial charge on any atom is -0.350 e. The Bertz CT molecular complexity index is 224. The number of aliphatic imine (C=N–C) groups is 1. The zero-order chi connectivity index (χ0) is 8.81. The minimum atomic E-state index is 0.860. The Balaban J connectivity index is 2.60. The average molecular weight is 164 g/mol. The van der Waals surface area contributed by atoms with Crippen LogP contribution in [0.2, 0.25) is 0 Å². The molecule has 0 saturated heterocycles. The van der Waals surface area contributed by atoms with E-state index in [4.69, 9.17) is 0 Å². The lowest BCUT2D eigenvalue weighted by Crippen LogP contribution is -2.18. The van der Waals surface area contributed by atoms with Gasteiger partial charge < -0.3 is 5.32 Å². The summed E-state index contributed by atoms with van der Waals surface area (Å²) in [5, 5.41) is 3.17. The number of rotatable bonds is 1. The van der Waals surface area contributed by atoms with Crippen LogP contribution in [0.15, 0.2) is 28.9 Å². The van der Waals surface area contributed by atoms with Gasteiger partial charge in [-0.05, 0) is 26.3 Å². The molecule has 66 valence electrons. The fourth-order valence-corrected chi connectivity index (χ4v) is 1.14. The molecule has 0 saturated carbocycles. The molecule has 1 rings (SSSR count). The summed E-state index contributed by atoms with van der Waals surface area (Å²) < 4.78 is 0. The Kier molecular flexibility index (Phi) is 3.58. The van der Waals surface area contributed by atoms with E-state index < -0.39 is 0 Å². The van der Waals surface area contributed by atoms with Gasteiger partial charge in [0, 0.05) is 19.2 Å². The summed E-state index contributed by atoms with van der Waals surface area (Å²) in [6, 6.07) is 0. The normalized spacial score (nSPS) is 28.2. The third-order valence-corrected chi connectivity index (χ3v) is 1.83. The van der Waals surface area contributed by atoms with Crippen LogP contribution in [0.3, 0.4) is 0 Å². The summed E-state index contributed by atoms with van der Waals surface area (Å²) in [7, 11) is 0. The van der Waals surface area contributed by atoms with Gasteiger partial charge in [0.15, 0.2) is 0 Å². The van der Waals surface area contributed by atoms with E-state index in [1.165, 1.54) is 5.57 Å². The number of nitrogens with one attached hydrogen (secondary N) is 1. The quantitative estimate of drug-likeness (QED) is 0.631. The van der Waals surface area contributed by atoms with E-state index in [0.29, 0.717) is 0 Å². The second-order valence-corrected chi connectivity index (χ2v) is 2.94. The van der Waals surface area contributed by atoms with Gasteiger partial charge in [-0.3, -0.25) is 4.99 Å². The highest BCUT2D eigenvalue weighted by atomic mass is 15.0. The van der Waals surface area contributed by atoms with Crippen molar-refractivity contribution < 1.29 is 0 Å². The molecule has 0 aliphatic carbocycles. The van der Waals surface area contributed by atoms with Crippen molar-refractivity contribution in [3.63, 3.8) is 0 Å². The van der Waals surface area contributed by atoms with Crippen LogP contribution in [-0.2, 0) is 0 Å². The molecule has 1 N–H and O–H groups in total. The Hall–Kier alpha value is -1.05. The van der Waals surface area contributed by atoms with E-state index in [1.807, 2.05) is 12.3 Å². The molecule has 0 bridgehead atoms. The molecule has 2 nitrogen and oxygen atoms in total. The molecule has 0 fully saturated rings. The Morgan fingerprint density at radius 2 is 2.33 bits per heavy atom. The summed E-state index contributed by atoms with van der Waals surface area (Å²) in [5.74, 6) is 1.10. The van der Waals surface area contributed by atoms with Crippen molar-refractivity contribution in [1.29, 1.82) is 0 Å². The monoisotopic (exact) mass is 164 g/mol. The molecule has 0 aromatic heterocycles. The lowest BCUT2D eigenvalue weighted by atomic mass is 10.1. The molecule has 1 heterocycles. The highest BCUT2D eigenvalue weighted by molar-refractivity contribution is 5.83. The number of nitrogens with zero attached hydrogens (tertiary/aromatic N) is 1. The fourth-order valence-electron chi connectivity index (χ4n) is 1.14. The predicted octanol–water partition coefficient (Wildman–Crippen LogP) is 2.25. The zero-order valence-corrected chi connectivity index (χ0v) is 7.80. The topological polar surface area (TPSA) is 24.4 Å². The van der Waals surface area contributed by atoms with Crippen LogP contribution in [0.25, 0.3) is 0 Å². The van der Waals surface area contributed by atoms with Crippen molar-refractivity contribution in [2.75, 3.05) is 6.54 Å². The van der Waals surface area contributed by atoms with Gasteiger partial charge in [0.25, 0.3) is 0 Å². The Morgan fingerprint density at radius 1 is 1.50 bits per heavy atom. The van der Waals surface area contributed by atoms with Crippen molar-refractivity contribution in [3.05, 3.63) is 23.9 Å². The van der Waals surface area contributed by atoms with Gasteiger partial charge in [-0.1, -0.05) is 11.6 Å². The second-order valence-electron chi connectivity index (χ2n) is 2.94. The van der Waals surface area contributed by atoms with Crippen molar-refractivity contribution in [2.24, 2.45) is 4.99 Å². The molecule has 0 radical (unpaired) electrons. The first-order valence-electron chi connectivity index (χ1n) is 4.45. The fraction of sp³-hybridized carbons (Fsp3) is 0.500. The molecule has 0 amide bonds. The molecule has 0 atom stereocenters. The second kappa shape index (κ2) is 4.75. The van der Waals surface area contributed by atoms with Crippen molar-refractivity contribution in [3.8, 4) is 0 Å². The third-order valence-electron chi connectivity index (χ3n) is 1.83. The van der Waals surface area contributed by atoms with Gasteiger partial charge >= 0.3 is 0 Å². The summed E-state index contributed by atoms with van der Waals surface area (Å²) in [4.78, 5) is 4.35. The van der Waals surface area contributed by atoms with Crippen LogP contribution < -0.4 is 5.32 Å². The van der Waals surface area contributed by atoms with Gasteiger partial charge in [0.1, 0.15) is 5.84 Å².